The second-order valence-corrected chi connectivity index (χ2v) is 29.3. The van der Waals surface area contributed by atoms with Crippen LogP contribution in [-0.4, -0.2) is 18.3 Å². The first kappa shape index (κ1) is 64.3. The molecule has 4 heterocycles. The predicted molar refractivity (Wildman–Crippen MR) is 475 cm³/mol. The zero-order valence-electron chi connectivity index (χ0n) is 61.2. The number of aromatic nitrogens is 4. The Balaban J connectivity index is 0.000000137. The van der Waals surface area contributed by atoms with Crippen LogP contribution in [0.1, 0.15) is 0 Å². The lowest BCUT2D eigenvalue weighted by molar-refractivity contribution is 1.18. The Morgan fingerprint density at radius 3 is 0.688 bits per heavy atom. The van der Waals surface area contributed by atoms with Gasteiger partial charge in [0.15, 0.2) is 0 Å². The largest absolute Gasteiger partial charge is 0.309 e. The molecule has 0 radical (unpaired) electrons. The highest BCUT2D eigenvalue weighted by atomic mass is 15.0. The molecule has 4 heteroatoms. The standard InChI is InChI=1S/C54H34N2.C54H36N2/c1-2-14-35(15-3-1)36-28-30-37(31-29-36)55-49-24-10-8-20-46(49)53-44(22-12-26-51(53)55)45-23-13-27-52-54(45)47-21-9-11-25-50(47)56(52)38-32-33-43-41-18-5-4-16-39(41)40-17-6-7-19-42(40)48(43)34-38;1-3-14-37(15-4-1)39-28-30-41(31-29-39)42-18-11-19-44(36-42)56-50-25-10-8-21-48(50)54-46(23-13-27-52(54)56)45-22-12-26-51-53(45)47-20-7-9-24-49(47)55(51)43-34-32-40(33-35-43)38-16-5-2-6-17-38/h1-34H;1-36H. The Bertz CT molecular complexity index is 7590. The molecular weight excluding hydrogens is 1350 g/mol. The van der Waals surface area contributed by atoms with E-state index in [0.29, 0.717) is 0 Å². The van der Waals surface area contributed by atoms with E-state index in [0.717, 1.165) is 22.7 Å². The van der Waals surface area contributed by atoms with Crippen molar-refractivity contribution in [3.05, 3.63) is 425 Å². The lowest BCUT2D eigenvalue weighted by Gasteiger charge is -2.14. The first-order valence-electron chi connectivity index (χ1n) is 38.6. The van der Waals surface area contributed by atoms with Crippen LogP contribution in [-0.2, 0) is 0 Å². The van der Waals surface area contributed by atoms with Crippen molar-refractivity contribution in [2.45, 2.75) is 0 Å². The number of rotatable bonds is 10. The topological polar surface area (TPSA) is 19.7 Å². The van der Waals surface area contributed by atoms with Gasteiger partial charge >= 0.3 is 0 Å². The number of hydrogen-bond donors (Lipinski definition) is 0. The van der Waals surface area contributed by atoms with Gasteiger partial charge in [0.2, 0.25) is 0 Å². The highest BCUT2D eigenvalue weighted by Crippen LogP contribution is 2.48. The molecule has 0 N–H and O–H groups in total. The van der Waals surface area contributed by atoms with Crippen LogP contribution in [0.15, 0.2) is 425 Å². The molecule has 0 aliphatic rings. The van der Waals surface area contributed by atoms with Crippen LogP contribution < -0.4 is 0 Å². The highest BCUT2D eigenvalue weighted by molar-refractivity contribution is 6.27. The van der Waals surface area contributed by atoms with Gasteiger partial charge < -0.3 is 18.3 Å². The molecular formula is C108H70N4. The summed E-state index contributed by atoms with van der Waals surface area (Å²) in [6.07, 6.45) is 0. The van der Waals surface area contributed by atoms with E-state index in [2.05, 4.69) is 443 Å². The van der Waals surface area contributed by atoms with Gasteiger partial charge in [-0.2, -0.15) is 0 Å². The van der Waals surface area contributed by atoms with Gasteiger partial charge in [-0.15, -0.1) is 0 Å². The van der Waals surface area contributed by atoms with E-state index in [4.69, 9.17) is 0 Å². The van der Waals surface area contributed by atoms with Gasteiger partial charge in [-0.1, -0.05) is 328 Å². The Morgan fingerprint density at radius 2 is 0.339 bits per heavy atom. The Morgan fingerprint density at radius 1 is 0.116 bits per heavy atom. The Kier molecular flexibility index (Phi) is 15.2. The van der Waals surface area contributed by atoms with Crippen LogP contribution in [0.25, 0.3) is 209 Å². The number of hydrogen-bond acceptors (Lipinski definition) is 0. The Labute approximate surface area is 647 Å². The number of fused-ring (bicyclic) bond motifs is 18. The van der Waals surface area contributed by atoms with Crippen molar-refractivity contribution in [2.75, 3.05) is 0 Å². The first-order chi connectivity index (χ1) is 55.6. The summed E-state index contributed by atoms with van der Waals surface area (Å²) < 4.78 is 9.75. The normalized spacial score (nSPS) is 11.8. The molecule has 0 saturated heterocycles. The van der Waals surface area contributed by atoms with Crippen LogP contribution >= 0.6 is 0 Å². The third-order valence-corrected chi connectivity index (χ3v) is 23.3. The van der Waals surface area contributed by atoms with E-state index in [1.807, 2.05) is 0 Å². The summed E-state index contributed by atoms with van der Waals surface area (Å²) in [4.78, 5) is 0. The summed E-state index contributed by atoms with van der Waals surface area (Å²) in [5.74, 6) is 0. The van der Waals surface area contributed by atoms with Crippen molar-refractivity contribution in [2.24, 2.45) is 0 Å². The zero-order chi connectivity index (χ0) is 73.7. The fourth-order valence-electron chi connectivity index (χ4n) is 18.3. The monoisotopic (exact) mass is 1420 g/mol. The molecule has 0 saturated carbocycles. The van der Waals surface area contributed by atoms with Crippen LogP contribution in [0.3, 0.4) is 0 Å². The molecule has 23 rings (SSSR count). The molecule has 0 aliphatic heterocycles. The molecule has 0 fully saturated rings. The highest BCUT2D eigenvalue weighted by Gasteiger charge is 2.25. The fourth-order valence-corrected chi connectivity index (χ4v) is 18.3. The second-order valence-electron chi connectivity index (χ2n) is 29.3. The summed E-state index contributed by atoms with van der Waals surface area (Å²) >= 11 is 0. The second kappa shape index (κ2) is 26.5. The van der Waals surface area contributed by atoms with Gasteiger partial charge in [-0.05, 0) is 196 Å². The predicted octanol–water partition coefficient (Wildman–Crippen LogP) is 29.2. The maximum Gasteiger partial charge on any atom is 0.0547 e. The molecule has 4 aromatic heterocycles. The van der Waals surface area contributed by atoms with Gasteiger partial charge in [-0.3, -0.25) is 0 Å². The van der Waals surface area contributed by atoms with Crippen LogP contribution in [0.2, 0.25) is 0 Å². The van der Waals surface area contributed by atoms with Crippen molar-refractivity contribution in [3.8, 4) is 89.5 Å². The van der Waals surface area contributed by atoms with Crippen molar-refractivity contribution in [3.63, 3.8) is 0 Å². The third-order valence-electron chi connectivity index (χ3n) is 23.3. The molecule has 19 aromatic carbocycles. The maximum atomic E-state index is 2.47. The summed E-state index contributed by atoms with van der Waals surface area (Å²) in [5, 5.41) is 17.8. The summed E-state index contributed by atoms with van der Waals surface area (Å²) in [6, 6.07) is 155. The molecule has 23 aromatic rings. The van der Waals surface area contributed by atoms with Crippen molar-refractivity contribution in [1.82, 2.24) is 18.3 Å². The number of para-hydroxylation sites is 4. The van der Waals surface area contributed by atoms with Gasteiger partial charge in [0.1, 0.15) is 0 Å². The first-order valence-corrected chi connectivity index (χ1v) is 38.6. The van der Waals surface area contributed by atoms with Crippen LogP contribution in [0, 0.1) is 0 Å². The molecule has 522 valence electrons. The molecule has 0 atom stereocenters. The summed E-state index contributed by atoms with van der Waals surface area (Å²) in [6.45, 7) is 0. The smallest absolute Gasteiger partial charge is 0.0547 e. The van der Waals surface area contributed by atoms with Gasteiger partial charge in [-0.25, -0.2) is 0 Å². The minimum atomic E-state index is 1.15. The van der Waals surface area contributed by atoms with Crippen LogP contribution in [0.4, 0.5) is 0 Å². The van der Waals surface area contributed by atoms with E-state index in [1.165, 1.54) is 186 Å². The van der Waals surface area contributed by atoms with E-state index in [1.54, 1.807) is 0 Å². The minimum Gasteiger partial charge on any atom is -0.309 e. The van der Waals surface area contributed by atoms with Crippen LogP contribution in [0.5, 0.6) is 0 Å². The maximum absolute atomic E-state index is 2.47. The average Bonchev–Trinajstić information content (AvgIpc) is 1.49. The van der Waals surface area contributed by atoms with E-state index >= 15 is 0 Å². The average molecular weight is 1420 g/mol. The molecule has 0 amide bonds. The molecule has 0 aliphatic carbocycles. The molecule has 4 nitrogen and oxygen atoms in total. The Hall–Kier alpha value is -14.8. The summed E-state index contributed by atoms with van der Waals surface area (Å²) in [5.41, 5.74) is 28.9. The minimum absolute atomic E-state index is 1.15. The molecule has 0 bridgehead atoms. The van der Waals surface area contributed by atoms with Gasteiger partial charge in [0.05, 0.1) is 44.1 Å². The quantitative estimate of drug-likeness (QED) is 0.122. The third kappa shape index (κ3) is 10.4. The van der Waals surface area contributed by atoms with Crippen molar-refractivity contribution in [1.29, 1.82) is 0 Å². The fraction of sp³-hybridized carbons (Fsp3) is 0. The number of benzene rings is 19. The van der Waals surface area contributed by atoms with Gasteiger partial charge in [0.25, 0.3) is 0 Å². The van der Waals surface area contributed by atoms with E-state index in [9.17, 15) is 0 Å². The van der Waals surface area contributed by atoms with Crippen molar-refractivity contribution < 1.29 is 0 Å². The van der Waals surface area contributed by atoms with Gasteiger partial charge in [0, 0.05) is 65.8 Å². The summed E-state index contributed by atoms with van der Waals surface area (Å²) in [7, 11) is 0. The lowest BCUT2D eigenvalue weighted by Crippen LogP contribution is -1.95. The SMILES string of the molecule is c1ccc(-c2ccc(-c3cccc(-n4c5ccccc5c5c(-c6cccc7c6c6ccccc6n7-c6ccc(-c7ccccc7)cc6)cccc54)c3)cc2)cc1.c1ccc(-c2ccc(-n3c4ccccc4c4c(-c5cccc6c5c5ccccc5n6-c5ccc6c7ccccc7c7ccccc7c6c5)cccc43)cc2)cc1. The van der Waals surface area contributed by atoms with E-state index < -0.39 is 0 Å². The number of nitrogens with zero attached hydrogens (tertiary/aromatic N) is 4. The zero-order valence-corrected chi connectivity index (χ0v) is 61.2. The van der Waals surface area contributed by atoms with E-state index in [-0.39, 0.29) is 0 Å². The molecule has 0 spiro atoms. The lowest BCUT2D eigenvalue weighted by atomic mass is 9.94. The van der Waals surface area contributed by atoms with Crippen molar-refractivity contribution >= 4 is 120 Å². The molecule has 0 unspecified atom stereocenters. The molecule has 112 heavy (non-hydrogen) atoms.